The molecule has 0 atom stereocenters. The molecule has 0 radical (unpaired) electrons. The average Bonchev–Trinajstić information content (AvgIpc) is 3.08. The van der Waals surface area contributed by atoms with E-state index in [0.717, 1.165) is 16.9 Å². The van der Waals surface area contributed by atoms with Gasteiger partial charge in [-0.25, -0.2) is 0 Å². The SMILES string of the molecule is COc1ccc(-c2nnc(C(=O)Nc3ccc(C)c(C)c3)o2)cc1. The lowest BCUT2D eigenvalue weighted by Gasteiger charge is -2.05. The number of methoxy groups -OCH3 is 1. The molecule has 0 unspecified atom stereocenters. The van der Waals surface area contributed by atoms with Crippen molar-refractivity contribution in [2.45, 2.75) is 13.8 Å². The number of aromatic nitrogens is 2. The standard InChI is InChI=1S/C18H17N3O3/c1-11-4-7-14(10-12(11)2)19-16(22)18-21-20-17(24-18)13-5-8-15(23-3)9-6-13/h4-10H,1-3H3,(H,19,22). The van der Waals surface area contributed by atoms with Crippen LogP contribution in [0, 0.1) is 13.8 Å². The Morgan fingerprint density at radius 1 is 1.04 bits per heavy atom. The lowest BCUT2D eigenvalue weighted by molar-refractivity contribution is 0.0991. The number of aryl methyl sites for hydroxylation is 2. The Balaban J connectivity index is 1.76. The molecule has 6 heteroatoms. The molecule has 3 rings (SSSR count). The zero-order valence-electron chi connectivity index (χ0n) is 13.7. The van der Waals surface area contributed by atoms with Crippen LogP contribution < -0.4 is 10.1 Å². The smallest absolute Gasteiger partial charge is 0.313 e. The monoisotopic (exact) mass is 323 g/mol. The molecule has 122 valence electrons. The van der Waals surface area contributed by atoms with E-state index in [0.29, 0.717) is 11.3 Å². The first-order valence-electron chi connectivity index (χ1n) is 7.43. The Hall–Kier alpha value is -3.15. The van der Waals surface area contributed by atoms with Gasteiger partial charge in [0.25, 0.3) is 0 Å². The van der Waals surface area contributed by atoms with Crippen LogP contribution in [0.15, 0.2) is 46.9 Å². The van der Waals surface area contributed by atoms with Crippen molar-refractivity contribution in [2.24, 2.45) is 0 Å². The minimum Gasteiger partial charge on any atom is -0.497 e. The van der Waals surface area contributed by atoms with E-state index < -0.39 is 5.91 Å². The summed E-state index contributed by atoms with van der Waals surface area (Å²) in [7, 11) is 1.59. The fraction of sp³-hybridized carbons (Fsp3) is 0.167. The van der Waals surface area contributed by atoms with Crippen LogP contribution >= 0.6 is 0 Å². The summed E-state index contributed by atoms with van der Waals surface area (Å²) >= 11 is 0. The van der Waals surface area contributed by atoms with Crippen LogP contribution in [0.2, 0.25) is 0 Å². The van der Waals surface area contributed by atoms with Gasteiger partial charge in [0.15, 0.2) is 0 Å². The number of hydrogen-bond donors (Lipinski definition) is 1. The number of nitrogens with zero attached hydrogens (tertiary/aromatic N) is 2. The maximum atomic E-state index is 12.2. The van der Waals surface area contributed by atoms with Crippen LogP contribution in [0.25, 0.3) is 11.5 Å². The minimum absolute atomic E-state index is 0.0842. The van der Waals surface area contributed by atoms with Gasteiger partial charge in [-0.05, 0) is 61.4 Å². The summed E-state index contributed by atoms with van der Waals surface area (Å²) in [4.78, 5) is 12.2. The number of anilines is 1. The highest BCUT2D eigenvalue weighted by atomic mass is 16.5. The lowest BCUT2D eigenvalue weighted by Crippen LogP contribution is -2.12. The van der Waals surface area contributed by atoms with E-state index in [1.54, 1.807) is 31.4 Å². The second-order valence-electron chi connectivity index (χ2n) is 5.39. The Morgan fingerprint density at radius 3 is 2.46 bits per heavy atom. The second kappa shape index (κ2) is 6.54. The molecule has 1 amide bonds. The first kappa shape index (κ1) is 15.7. The normalized spacial score (nSPS) is 10.5. The number of benzene rings is 2. The molecule has 0 fully saturated rings. The van der Waals surface area contributed by atoms with Crippen LogP contribution in [-0.4, -0.2) is 23.2 Å². The van der Waals surface area contributed by atoms with E-state index >= 15 is 0 Å². The molecule has 3 aromatic rings. The van der Waals surface area contributed by atoms with Gasteiger partial charge in [0, 0.05) is 11.3 Å². The molecular formula is C18H17N3O3. The van der Waals surface area contributed by atoms with Crippen molar-refractivity contribution in [1.82, 2.24) is 10.2 Å². The predicted molar refractivity (Wildman–Crippen MR) is 90.2 cm³/mol. The van der Waals surface area contributed by atoms with Gasteiger partial charge in [0.1, 0.15) is 5.75 Å². The van der Waals surface area contributed by atoms with Gasteiger partial charge < -0.3 is 14.5 Å². The molecule has 6 nitrogen and oxygen atoms in total. The van der Waals surface area contributed by atoms with Gasteiger partial charge in [-0.3, -0.25) is 4.79 Å². The number of ether oxygens (including phenoxy) is 1. The molecule has 0 saturated carbocycles. The van der Waals surface area contributed by atoms with Crippen molar-refractivity contribution in [3.8, 4) is 17.2 Å². The zero-order chi connectivity index (χ0) is 17.1. The average molecular weight is 323 g/mol. The summed E-state index contributed by atoms with van der Waals surface area (Å²) < 4.78 is 10.6. The van der Waals surface area contributed by atoms with Crippen LogP contribution in [0.3, 0.4) is 0 Å². The molecule has 0 aliphatic carbocycles. The van der Waals surface area contributed by atoms with Crippen molar-refractivity contribution in [3.63, 3.8) is 0 Å². The maximum Gasteiger partial charge on any atom is 0.313 e. The third kappa shape index (κ3) is 3.27. The molecule has 24 heavy (non-hydrogen) atoms. The van der Waals surface area contributed by atoms with E-state index in [1.807, 2.05) is 32.0 Å². The fourth-order valence-electron chi connectivity index (χ4n) is 2.17. The Kier molecular flexibility index (Phi) is 4.29. The van der Waals surface area contributed by atoms with Crippen LogP contribution in [-0.2, 0) is 0 Å². The molecule has 0 aliphatic heterocycles. The van der Waals surface area contributed by atoms with Gasteiger partial charge in [0.2, 0.25) is 5.89 Å². The molecule has 0 aliphatic rings. The third-order valence-corrected chi connectivity index (χ3v) is 3.72. The van der Waals surface area contributed by atoms with Gasteiger partial charge >= 0.3 is 11.8 Å². The molecule has 1 aromatic heterocycles. The van der Waals surface area contributed by atoms with Crippen molar-refractivity contribution in [2.75, 3.05) is 12.4 Å². The molecule has 2 aromatic carbocycles. The molecule has 1 N–H and O–H groups in total. The summed E-state index contributed by atoms with van der Waals surface area (Å²) in [5, 5.41) is 10.5. The third-order valence-electron chi connectivity index (χ3n) is 3.72. The van der Waals surface area contributed by atoms with E-state index in [2.05, 4.69) is 15.5 Å². The van der Waals surface area contributed by atoms with Crippen molar-refractivity contribution >= 4 is 11.6 Å². The van der Waals surface area contributed by atoms with E-state index in [9.17, 15) is 4.79 Å². The lowest BCUT2D eigenvalue weighted by atomic mass is 10.1. The van der Waals surface area contributed by atoms with E-state index in [1.165, 1.54) is 0 Å². The van der Waals surface area contributed by atoms with E-state index in [4.69, 9.17) is 9.15 Å². The predicted octanol–water partition coefficient (Wildman–Crippen LogP) is 3.61. The van der Waals surface area contributed by atoms with Gasteiger partial charge in [-0.15, -0.1) is 10.2 Å². The number of hydrogen-bond acceptors (Lipinski definition) is 5. The van der Waals surface area contributed by atoms with Crippen molar-refractivity contribution < 1.29 is 13.9 Å². The van der Waals surface area contributed by atoms with Crippen molar-refractivity contribution in [1.29, 1.82) is 0 Å². The molecule has 0 saturated heterocycles. The molecular weight excluding hydrogens is 306 g/mol. The minimum atomic E-state index is -0.439. The number of carbonyl (C=O) groups excluding carboxylic acids is 1. The summed E-state index contributed by atoms with van der Waals surface area (Å²) in [6.45, 7) is 4.00. The molecule has 0 bridgehead atoms. The summed E-state index contributed by atoms with van der Waals surface area (Å²) in [5.41, 5.74) is 3.66. The maximum absolute atomic E-state index is 12.2. The Morgan fingerprint density at radius 2 is 1.79 bits per heavy atom. The Bertz CT molecular complexity index is 869. The second-order valence-corrected chi connectivity index (χ2v) is 5.39. The molecule has 0 spiro atoms. The quantitative estimate of drug-likeness (QED) is 0.793. The van der Waals surface area contributed by atoms with Gasteiger partial charge in [-0.2, -0.15) is 0 Å². The van der Waals surface area contributed by atoms with Crippen molar-refractivity contribution in [3.05, 3.63) is 59.5 Å². The topological polar surface area (TPSA) is 77.2 Å². The fourth-order valence-corrected chi connectivity index (χ4v) is 2.17. The first-order chi connectivity index (χ1) is 11.6. The summed E-state index contributed by atoms with van der Waals surface area (Å²) in [6, 6.07) is 12.8. The first-order valence-corrected chi connectivity index (χ1v) is 7.43. The number of carbonyl (C=O) groups is 1. The highest BCUT2D eigenvalue weighted by Gasteiger charge is 2.16. The highest BCUT2D eigenvalue weighted by molar-refractivity contribution is 6.01. The number of amides is 1. The van der Waals surface area contributed by atoms with Gasteiger partial charge in [0.05, 0.1) is 7.11 Å². The molecule has 1 heterocycles. The van der Waals surface area contributed by atoms with Gasteiger partial charge in [-0.1, -0.05) is 6.07 Å². The highest BCUT2D eigenvalue weighted by Crippen LogP contribution is 2.21. The van der Waals surface area contributed by atoms with Crippen LogP contribution in [0.4, 0.5) is 5.69 Å². The summed E-state index contributed by atoms with van der Waals surface area (Å²) in [5.74, 6) is 0.485. The zero-order valence-corrected chi connectivity index (χ0v) is 13.7. The Labute approximate surface area is 139 Å². The largest absolute Gasteiger partial charge is 0.497 e. The summed E-state index contributed by atoms with van der Waals surface area (Å²) in [6.07, 6.45) is 0. The number of rotatable bonds is 4. The van der Waals surface area contributed by atoms with E-state index in [-0.39, 0.29) is 11.8 Å². The van der Waals surface area contributed by atoms with Crippen LogP contribution in [0.1, 0.15) is 21.8 Å². The van der Waals surface area contributed by atoms with Crippen LogP contribution in [0.5, 0.6) is 5.75 Å². The number of nitrogens with one attached hydrogen (secondary N) is 1.